The molecule has 0 aliphatic carbocycles. The Hall–Kier alpha value is -5.72. The fourth-order valence-corrected chi connectivity index (χ4v) is 6.65. The first kappa shape index (κ1) is 45.0. The Kier molecular flexibility index (Phi) is 17.7. The van der Waals surface area contributed by atoms with Gasteiger partial charge in [-0.1, -0.05) is 64.3 Å². The van der Waals surface area contributed by atoms with Crippen LogP contribution in [0.25, 0.3) is 10.9 Å². The number of unbranched alkanes of at least 4 members (excludes halogenated alkanes) is 5. The van der Waals surface area contributed by atoms with Gasteiger partial charge in [-0.05, 0) is 105 Å². The number of hydrogen-bond donors (Lipinski definition) is 5. The molecular weight excluding hydrogens is 735 g/mol. The van der Waals surface area contributed by atoms with Crippen molar-refractivity contribution in [2.24, 2.45) is 5.92 Å². The molecule has 2 aromatic carbocycles. The minimum atomic E-state index is -0.865. The maximum atomic E-state index is 13.1. The number of anilines is 2. The molecule has 1 aliphatic heterocycles. The van der Waals surface area contributed by atoms with E-state index in [4.69, 9.17) is 10.5 Å². The standard InChI is InChI=1S/C45H61N7O6/c1-6-7-9-16-35-28-37-34(17-14-18-38(37)50-43(35)46)15-10-8-12-26-47-32(5)58-29-33-20-22-36(23-21-33)49-44(56)31(4)48-45(57)42(30(2)3)51-39(53)19-11-13-27-52-40(54)24-25-41(52)55/h14,17-18,20-25,28,30-31,42,47H,5-13,15-16,19,26-27,29H2,1-4H3,(H2,46,50)(H,48,57)(H,49,56)(H,51,53)/t31-,42-/m0/s1. The number of ether oxygens (including phenoxy) is 1. The van der Waals surface area contributed by atoms with Crippen molar-refractivity contribution in [3.63, 3.8) is 0 Å². The van der Waals surface area contributed by atoms with E-state index in [1.54, 1.807) is 32.9 Å². The average molecular weight is 796 g/mol. The maximum absolute atomic E-state index is 13.1. The van der Waals surface area contributed by atoms with E-state index in [-0.39, 0.29) is 36.6 Å². The van der Waals surface area contributed by atoms with Gasteiger partial charge >= 0.3 is 0 Å². The molecule has 0 spiro atoms. The third-order valence-corrected chi connectivity index (χ3v) is 10.1. The van der Waals surface area contributed by atoms with E-state index in [9.17, 15) is 24.0 Å². The van der Waals surface area contributed by atoms with Crippen LogP contribution in [0.2, 0.25) is 0 Å². The normalized spacial score (nSPS) is 13.4. The first-order chi connectivity index (χ1) is 27.9. The largest absolute Gasteiger partial charge is 0.475 e. The molecule has 13 heteroatoms. The Balaban J connectivity index is 1.10. The summed E-state index contributed by atoms with van der Waals surface area (Å²) in [6.07, 6.45) is 12.0. The molecule has 58 heavy (non-hydrogen) atoms. The van der Waals surface area contributed by atoms with Crippen LogP contribution in [0.4, 0.5) is 11.5 Å². The molecule has 1 aliphatic rings. The van der Waals surface area contributed by atoms with Gasteiger partial charge < -0.3 is 31.7 Å². The second kappa shape index (κ2) is 22.9. The van der Waals surface area contributed by atoms with E-state index in [0.717, 1.165) is 66.6 Å². The molecule has 1 aromatic heterocycles. The lowest BCUT2D eigenvalue weighted by atomic mass is 9.99. The number of benzene rings is 2. The van der Waals surface area contributed by atoms with E-state index in [2.05, 4.69) is 58.0 Å². The number of rotatable bonds is 25. The minimum Gasteiger partial charge on any atom is -0.475 e. The molecule has 4 rings (SSSR count). The molecule has 0 bridgehead atoms. The van der Waals surface area contributed by atoms with Gasteiger partial charge in [0.15, 0.2) is 5.88 Å². The number of aromatic nitrogens is 1. The third kappa shape index (κ3) is 14.0. The Labute approximate surface area is 342 Å². The van der Waals surface area contributed by atoms with Crippen molar-refractivity contribution in [1.82, 2.24) is 25.8 Å². The van der Waals surface area contributed by atoms with Gasteiger partial charge in [0.1, 0.15) is 24.5 Å². The summed E-state index contributed by atoms with van der Waals surface area (Å²) in [6.45, 7) is 12.7. The van der Waals surface area contributed by atoms with Crippen LogP contribution in [0.5, 0.6) is 0 Å². The summed E-state index contributed by atoms with van der Waals surface area (Å²) in [5.74, 6) is -1.01. The Morgan fingerprint density at radius 3 is 2.26 bits per heavy atom. The lowest BCUT2D eigenvalue weighted by molar-refractivity contribution is -0.136. The van der Waals surface area contributed by atoms with Crippen LogP contribution in [-0.4, -0.2) is 64.6 Å². The van der Waals surface area contributed by atoms with Crippen molar-refractivity contribution >= 4 is 51.9 Å². The molecule has 2 atom stereocenters. The lowest BCUT2D eigenvalue weighted by Crippen LogP contribution is -2.53. The molecule has 3 aromatic rings. The zero-order valence-corrected chi connectivity index (χ0v) is 34.5. The van der Waals surface area contributed by atoms with E-state index < -0.39 is 23.9 Å². The van der Waals surface area contributed by atoms with Crippen molar-refractivity contribution in [2.45, 2.75) is 117 Å². The van der Waals surface area contributed by atoms with Gasteiger partial charge in [0.25, 0.3) is 11.8 Å². The molecule has 0 fully saturated rings. The van der Waals surface area contributed by atoms with E-state index in [0.29, 0.717) is 36.8 Å². The fraction of sp³-hybridized carbons (Fsp3) is 0.467. The summed E-state index contributed by atoms with van der Waals surface area (Å²) < 4.78 is 5.82. The molecule has 0 saturated heterocycles. The summed E-state index contributed by atoms with van der Waals surface area (Å²) in [5.41, 5.74) is 11.1. The molecule has 312 valence electrons. The van der Waals surface area contributed by atoms with Crippen LogP contribution in [0.3, 0.4) is 0 Å². The number of hydrogen-bond acceptors (Lipinski definition) is 9. The van der Waals surface area contributed by atoms with Crippen molar-refractivity contribution < 1.29 is 28.7 Å². The summed E-state index contributed by atoms with van der Waals surface area (Å²) >= 11 is 0. The Morgan fingerprint density at radius 2 is 1.55 bits per heavy atom. The number of nitrogens with two attached hydrogens (primary N) is 1. The topological polar surface area (TPSA) is 185 Å². The van der Waals surface area contributed by atoms with Crippen molar-refractivity contribution in [3.8, 4) is 0 Å². The second-order valence-corrected chi connectivity index (χ2v) is 15.2. The number of pyridine rings is 1. The second-order valence-electron chi connectivity index (χ2n) is 15.2. The molecule has 0 unspecified atom stereocenters. The SMILES string of the molecule is C=C(NCCCCCc1cccc2nc(N)c(CCCCC)cc12)OCc1ccc(NC(=O)[C@H](C)NC(=O)[C@@H](NC(=O)CCCCN2C(=O)C=CC2=O)C(C)C)cc1. The molecular formula is C45H61N7O6. The highest BCUT2D eigenvalue weighted by Gasteiger charge is 2.27. The van der Waals surface area contributed by atoms with Crippen LogP contribution >= 0.6 is 0 Å². The van der Waals surface area contributed by atoms with Gasteiger partial charge in [-0.3, -0.25) is 28.9 Å². The van der Waals surface area contributed by atoms with Crippen LogP contribution in [0, 0.1) is 5.92 Å². The summed E-state index contributed by atoms with van der Waals surface area (Å²) in [5, 5.41) is 12.7. The van der Waals surface area contributed by atoms with Gasteiger partial charge in [-0.25, -0.2) is 4.98 Å². The predicted molar refractivity (Wildman–Crippen MR) is 228 cm³/mol. The zero-order chi connectivity index (χ0) is 42.0. The summed E-state index contributed by atoms with van der Waals surface area (Å²) in [4.78, 5) is 67.8. The highest BCUT2D eigenvalue weighted by Crippen LogP contribution is 2.25. The van der Waals surface area contributed by atoms with Gasteiger partial charge in [0.2, 0.25) is 17.7 Å². The van der Waals surface area contributed by atoms with E-state index in [1.165, 1.54) is 35.9 Å². The number of amides is 5. The number of carbonyl (C=O) groups is 5. The van der Waals surface area contributed by atoms with Crippen molar-refractivity contribution in [3.05, 3.63) is 89.8 Å². The molecule has 2 heterocycles. The highest BCUT2D eigenvalue weighted by molar-refractivity contribution is 6.12. The van der Waals surface area contributed by atoms with Gasteiger partial charge in [0, 0.05) is 42.7 Å². The number of imide groups is 1. The molecule has 0 saturated carbocycles. The zero-order valence-electron chi connectivity index (χ0n) is 34.5. The number of fused-ring (bicyclic) bond motifs is 1. The van der Waals surface area contributed by atoms with Crippen molar-refractivity contribution in [1.29, 1.82) is 0 Å². The van der Waals surface area contributed by atoms with Gasteiger partial charge in [-0.15, -0.1) is 0 Å². The van der Waals surface area contributed by atoms with Crippen LogP contribution < -0.4 is 27.0 Å². The average Bonchev–Trinajstić information content (AvgIpc) is 3.52. The summed E-state index contributed by atoms with van der Waals surface area (Å²) in [7, 11) is 0. The quantitative estimate of drug-likeness (QED) is 0.0378. The van der Waals surface area contributed by atoms with Crippen LogP contribution in [0.15, 0.2) is 73.1 Å². The maximum Gasteiger partial charge on any atom is 0.253 e. The highest BCUT2D eigenvalue weighted by atomic mass is 16.5. The molecule has 6 N–H and O–H groups in total. The Morgan fingerprint density at radius 1 is 0.845 bits per heavy atom. The summed E-state index contributed by atoms with van der Waals surface area (Å²) in [6, 6.07) is 14.0. The monoisotopic (exact) mass is 795 g/mol. The van der Waals surface area contributed by atoms with Crippen LogP contribution in [-0.2, 0) is 48.2 Å². The van der Waals surface area contributed by atoms with Crippen LogP contribution in [0.1, 0.15) is 102 Å². The number of carbonyl (C=O) groups excluding carboxylic acids is 5. The Bertz CT molecular complexity index is 1910. The van der Waals surface area contributed by atoms with Crippen molar-refractivity contribution in [2.75, 3.05) is 24.1 Å². The molecule has 0 radical (unpaired) electrons. The minimum absolute atomic E-state index is 0.130. The number of nitrogens with zero attached hydrogens (tertiary/aromatic N) is 2. The predicted octanol–water partition coefficient (Wildman–Crippen LogP) is 6.22. The first-order valence-corrected chi connectivity index (χ1v) is 20.6. The van der Waals surface area contributed by atoms with E-state index in [1.807, 2.05) is 18.2 Å². The smallest absolute Gasteiger partial charge is 0.253 e. The first-order valence-electron chi connectivity index (χ1n) is 20.6. The lowest BCUT2D eigenvalue weighted by Gasteiger charge is -2.24. The fourth-order valence-electron chi connectivity index (χ4n) is 6.65. The van der Waals surface area contributed by atoms with Gasteiger partial charge in [0.05, 0.1) is 5.52 Å². The molecule has 13 nitrogen and oxygen atoms in total. The number of nitrogen functional groups attached to an aromatic ring is 1. The molecule has 5 amide bonds. The number of aryl methyl sites for hydroxylation is 2. The van der Waals surface area contributed by atoms with Gasteiger partial charge in [-0.2, -0.15) is 0 Å². The van der Waals surface area contributed by atoms with E-state index >= 15 is 0 Å². The number of nitrogens with one attached hydrogen (secondary N) is 4. The third-order valence-electron chi connectivity index (χ3n) is 10.1.